The summed E-state index contributed by atoms with van der Waals surface area (Å²) in [6.07, 6.45) is 4.44. The second-order valence-electron chi connectivity index (χ2n) is 4.50. The fourth-order valence-corrected chi connectivity index (χ4v) is 2.81. The number of nitrogens with one attached hydrogen (secondary N) is 2. The van der Waals surface area contributed by atoms with E-state index in [2.05, 4.69) is 43.5 Å². The van der Waals surface area contributed by atoms with Crippen LogP contribution in [0.15, 0.2) is 22.9 Å². The van der Waals surface area contributed by atoms with Crippen LogP contribution >= 0.6 is 27.3 Å². The lowest BCUT2D eigenvalue weighted by Gasteiger charge is -2.10. The molecular formula is C14H17BrN4OS. The van der Waals surface area contributed by atoms with E-state index in [-0.39, 0.29) is 5.91 Å². The Hall–Kier alpha value is -1.47. The second-order valence-corrected chi connectivity index (χ2v) is 6.74. The van der Waals surface area contributed by atoms with Gasteiger partial charge in [-0.25, -0.2) is 9.97 Å². The summed E-state index contributed by atoms with van der Waals surface area (Å²) in [4.78, 5) is 21.8. The topological polar surface area (TPSA) is 66.9 Å². The number of halogens is 1. The van der Waals surface area contributed by atoms with Crippen LogP contribution < -0.4 is 10.6 Å². The molecule has 0 bridgehead atoms. The molecule has 0 aliphatic heterocycles. The number of pyridine rings is 1. The second kappa shape index (κ2) is 7.51. The number of amides is 1. The first-order chi connectivity index (χ1) is 10.1. The lowest BCUT2D eigenvalue weighted by atomic mass is 10.2. The van der Waals surface area contributed by atoms with Gasteiger partial charge in [-0.3, -0.25) is 4.79 Å². The normalized spacial score (nSPS) is 10.4. The highest BCUT2D eigenvalue weighted by Gasteiger charge is 2.13. The average Bonchev–Trinajstić information content (AvgIpc) is 2.89. The summed E-state index contributed by atoms with van der Waals surface area (Å²) in [5, 5.41) is 7.07. The van der Waals surface area contributed by atoms with Crippen LogP contribution in [-0.2, 0) is 6.54 Å². The number of nitrogens with zero attached hydrogens (tertiary/aromatic N) is 2. The van der Waals surface area contributed by atoms with Gasteiger partial charge in [0.1, 0.15) is 5.82 Å². The van der Waals surface area contributed by atoms with E-state index in [1.54, 1.807) is 29.8 Å². The van der Waals surface area contributed by atoms with E-state index >= 15 is 0 Å². The van der Waals surface area contributed by atoms with E-state index in [0.29, 0.717) is 17.9 Å². The first kappa shape index (κ1) is 15.9. The highest BCUT2D eigenvalue weighted by molar-refractivity contribution is 9.10. The molecule has 2 aromatic heterocycles. The summed E-state index contributed by atoms with van der Waals surface area (Å²) in [5.74, 6) is 0.464. The molecule has 2 N–H and O–H groups in total. The van der Waals surface area contributed by atoms with Crippen molar-refractivity contribution >= 4 is 39.0 Å². The lowest BCUT2D eigenvalue weighted by molar-refractivity contribution is 0.0951. The Bertz CT molecular complexity index is 629. The van der Waals surface area contributed by atoms with Crippen LogP contribution in [0.25, 0.3) is 0 Å². The minimum Gasteiger partial charge on any atom is -0.369 e. The molecule has 0 aliphatic carbocycles. The molecule has 2 aromatic rings. The number of aromatic nitrogens is 2. The Morgan fingerprint density at radius 3 is 2.86 bits per heavy atom. The van der Waals surface area contributed by atoms with Crippen molar-refractivity contribution in [1.82, 2.24) is 15.3 Å². The molecule has 2 heterocycles. The van der Waals surface area contributed by atoms with Gasteiger partial charge in [-0.2, -0.15) is 0 Å². The quantitative estimate of drug-likeness (QED) is 0.820. The maximum atomic E-state index is 12.3. The van der Waals surface area contributed by atoms with Gasteiger partial charge in [0.05, 0.1) is 17.1 Å². The third-order valence-electron chi connectivity index (χ3n) is 2.73. The van der Waals surface area contributed by atoms with Gasteiger partial charge in [0.2, 0.25) is 0 Å². The van der Waals surface area contributed by atoms with Crippen LogP contribution in [0.4, 0.5) is 5.82 Å². The Morgan fingerprint density at radius 1 is 1.38 bits per heavy atom. The van der Waals surface area contributed by atoms with E-state index in [1.807, 2.05) is 6.92 Å². The van der Waals surface area contributed by atoms with Gasteiger partial charge in [0.15, 0.2) is 0 Å². The molecule has 112 valence electrons. The third-order valence-corrected chi connectivity index (χ3v) is 4.08. The van der Waals surface area contributed by atoms with Crippen molar-refractivity contribution in [2.24, 2.45) is 0 Å². The molecule has 0 unspecified atom stereocenters. The number of thiazole rings is 1. The molecule has 0 fully saturated rings. The summed E-state index contributed by atoms with van der Waals surface area (Å²) in [6, 6.07) is 1.78. The molecule has 2 rings (SSSR count). The maximum absolute atomic E-state index is 12.3. The summed E-state index contributed by atoms with van der Waals surface area (Å²) in [5.41, 5.74) is 0.541. The zero-order valence-electron chi connectivity index (χ0n) is 11.9. The van der Waals surface area contributed by atoms with Crippen molar-refractivity contribution in [2.45, 2.75) is 26.8 Å². The zero-order valence-corrected chi connectivity index (χ0v) is 14.3. The standard InChI is InChI=1S/C14H17BrN4OS/c1-3-4-16-13-12(5-10(15)6-18-13)14(20)19-8-11-7-17-9(2)21-11/h5-7H,3-4,8H2,1-2H3,(H,16,18)(H,19,20). The first-order valence-electron chi connectivity index (χ1n) is 6.69. The van der Waals surface area contributed by atoms with Crippen molar-refractivity contribution in [1.29, 1.82) is 0 Å². The SMILES string of the molecule is CCCNc1ncc(Br)cc1C(=O)NCc1cnc(C)s1. The van der Waals surface area contributed by atoms with Crippen LogP contribution in [0.2, 0.25) is 0 Å². The Kier molecular flexibility index (Phi) is 5.69. The monoisotopic (exact) mass is 368 g/mol. The molecule has 0 aromatic carbocycles. The number of rotatable bonds is 6. The molecule has 0 aliphatic rings. The summed E-state index contributed by atoms with van der Waals surface area (Å²) in [6.45, 7) is 5.27. The predicted molar refractivity (Wildman–Crippen MR) is 88.7 cm³/mol. The molecular weight excluding hydrogens is 352 g/mol. The van der Waals surface area contributed by atoms with Gasteiger partial charge < -0.3 is 10.6 Å². The number of hydrogen-bond donors (Lipinski definition) is 2. The summed E-state index contributed by atoms with van der Waals surface area (Å²) in [7, 11) is 0. The summed E-state index contributed by atoms with van der Waals surface area (Å²) < 4.78 is 0.781. The van der Waals surface area contributed by atoms with Gasteiger partial charge in [-0.15, -0.1) is 11.3 Å². The fourth-order valence-electron chi connectivity index (χ4n) is 1.75. The van der Waals surface area contributed by atoms with Crippen LogP contribution in [0.3, 0.4) is 0 Å². The molecule has 0 radical (unpaired) electrons. The van der Waals surface area contributed by atoms with E-state index in [0.717, 1.165) is 27.3 Å². The van der Waals surface area contributed by atoms with E-state index in [1.165, 1.54) is 0 Å². The third kappa shape index (κ3) is 4.50. The summed E-state index contributed by atoms with van der Waals surface area (Å²) >= 11 is 4.93. The molecule has 0 atom stereocenters. The number of anilines is 1. The zero-order chi connectivity index (χ0) is 15.2. The Labute approximate surface area is 136 Å². The van der Waals surface area contributed by atoms with Crippen molar-refractivity contribution in [3.63, 3.8) is 0 Å². The lowest BCUT2D eigenvalue weighted by Crippen LogP contribution is -2.24. The smallest absolute Gasteiger partial charge is 0.255 e. The van der Waals surface area contributed by atoms with Gasteiger partial charge in [-0.1, -0.05) is 6.92 Å². The fraction of sp³-hybridized carbons (Fsp3) is 0.357. The van der Waals surface area contributed by atoms with E-state index in [4.69, 9.17) is 0 Å². The van der Waals surface area contributed by atoms with E-state index < -0.39 is 0 Å². The largest absolute Gasteiger partial charge is 0.369 e. The highest BCUT2D eigenvalue weighted by Crippen LogP contribution is 2.18. The minimum atomic E-state index is -0.145. The first-order valence-corrected chi connectivity index (χ1v) is 8.30. The Balaban J connectivity index is 2.08. The predicted octanol–water partition coefficient (Wildman–Crippen LogP) is 3.36. The number of hydrogen-bond acceptors (Lipinski definition) is 5. The highest BCUT2D eigenvalue weighted by atomic mass is 79.9. The molecule has 0 spiro atoms. The number of aryl methyl sites for hydroxylation is 1. The van der Waals surface area contributed by atoms with Crippen molar-refractivity contribution in [3.8, 4) is 0 Å². The number of carbonyl (C=O) groups is 1. The van der Waals surface area contributed by atoms with Gasteiger partial charge in [-0.05, 0) is 35.3 Å². The van der Waals surface area contributed by atoms with Gasteiger partial charge in [0.25, 0.3) is 5.91 Å². The average molecular weight is 369 g/mol. The van der Waals surface area contributed by atoms with Gasteiger partial charge >= 0.3 is 0 Å². The van der Waals surface area contributed by atoms with Crippen LogP contribution in [-0.4, -0.2) is 22.4 Å². The van der Waals surface area contributed by atoms with Crippen molar-refractivity contribution in [3.05, 3.63) is 38.4 Å². The molecule has 1 amide bonds. The van der Waals surface area contributed by atoms with Crippen LogP contribution in [0.5, 0.6) is 0 Å². The molecule has 7 heteroatoms. The minimum absolute atomic E-state index is 0.145. The van der Waals surface area contributed by atoms with Gasteiger partial charge in [0, 0.05) is 28.3 Å². The van der Waals surface area contributed by atoms with Crippen LogP contribution in [0.1, 0.15) is 33.6 Å². The van der Waals surface area contributed by atoms with Crippen molar-refractivity contribution < 1.29 is 4.79 Å². The molecule has 0 saturated heterocycles. The molecule has 5 nitrogen and oxygen atoms in total. The molecule has 21 heavy (non-hydrogen) atoms. The number of carbonyl (C=O) groups excluding carboxylic acids is 1. The maximum Gasteiger partial charge on any atom is 0.255 e. The van der Waals surface area contributed by atoms with E-state index in [9.17, 15) is 4.79 Å². The molecule has 0 saturated carbocycles. The van der Waals surface area contributed by atoms with Crippen molar-refractivity contribution in [2.75, 3.05) is 11.9 Å². The Morgan fingerprint density at radius 2 is 2.19 bits per heavy atom. The van der Waals surface area contributed by atoms with Crippen LogP contribution in [0, 0.1) is 6.92 Å².